The van der Waals surface area contributed by atoms with Gasteiger partial charge in [-0.2, -0.15) is 5.10 Å². The molecule has 5 rings (SSSR count). The number of aliphatic carboxylic acids is 1. The number of halogens is 1. The number of aromatic amines is 1. The number of carbonyl (C=O) groups is 2. The molecular weight excluding hydrogens is 546 g/mol. The number of benzene rings is 3. The number of fused-ring (bicyclic) bond motifs is 1. The van der Waals surface area contributed by atoms with E-state index in [4.69, 9.17) is 31.3 Å². The summed E-state index contributed by atoms with van der Waals surface area (Å²) in [5.74, 6) is -0.414. The highest BCUT2D eigenvalue weighted by atomic mass is 35.5. The first-order chi connectivity index (χ1) is 19.8. The summed E-state index contributed by atoms with van der Waals surface area (Å²) >= 11 is 6.39. The first-order valence-corrected chi connectivity index (χ1v) is 13.4. The molecule has 4 aromatic rings. The van der Waals surface area contributed by atoms with Gasteiger partial charge < -0.3 is 19.6 Å². The van der Waals surface area contributed by atoms with E-state index in [1.807, 2.05) is 36.4 Å². The van der Waals surface area contributed by atoms with Gasteiger partial charge in [0.2, 0.25) is 5.91 Å². The molecule has 0 saturated heterocycles. The number of H-pyrrole nitrogens is 1. The molecule has 10 heteroatoms. The van der Waals surface area contributed by atoms with Crippen LogP contribution in [0.3, 0.4) is 0 Å². The van der Waals surface area contributed by atoms with Crippen LogP contribution in [0, 0.1) is 0 Å². The highest BCUT2D eigenvalue weighted by Crippen LogP contribution is 2.43. The third kappa shape index (κ3) is 5.53. The predicted octanol–water partition coefficient (Wildman–Crippen LogP) is 5.80. The number of methoxy groups -OCH3 is 2. The van der Waals surface area contributed by atoms with Crippen LogP contribution in [-0.2, 0) is 9.59 Å². The van der Waals surface area contributed by atoms with E-state index in [9.17, 15) is 14.4 Å². The summed E-state index contributed by atoms with van der Waals surface area (Å²) in [6.45, 7) is 0. The van der Waals surface area contributed by atoms with E-state index in [0.717, 1.165) is 10.9 Å². The van der Waals surface area contributed by atoms with Gasteiger partial charge in [-0.25, -0.2) is 5.01 Å². The standard InChI is InChI=1S/C31H28ClN3O6/c1-40-25-11-6-10-20(30(25)41-2)24-17-23(34-35(24)26(36)12-7-13-27(37)38)29-28(18-8-4-3-5-9-18)21-16-19(32)14-15-22(21)33-31(29)39/h3-6,8-11,14-16,24H,7,12-13,17H2,1-2H3,(H,33,39)(H,37,38)/t24-/m1/s1. The molecule has 0 saturated carbocycles. The minimum Gasteiger partial charge on any atom is -0.493 e. The van der Waals surface area contributed by atoms with Crippen molar-refractivity contribution in [3.05, 3.63) is 93.2 Å². The van der Waals surface area contributed by atoms with Crippen molar-refractivity contribution in [2.45, 2.75) is 31.7 Å². The van der Waals surface area contributed by atoms with Crippen LogP contribution in [-0.4, -0.2) is 46.9 Å². The molecule has 0 radical (unpaired) electrons. The normalized spacial score (nSPS) is 14.7. The molecule has 0 bridgehead atoms. The Hall–Kier alpha value is -4.63. The molecule has 1 amide bonds. The number of carboxylic acid groups (broad SMARTS) is 1. The third-order valence-corrected chi connectivity index (χ3v) is 7.30. The van der Waals surface area contributed by atoms with Crippen LogP contribution < -0.4 is 15.0 Å². The molecule has 1 atom stereocenters. The fourth-order valence-electron chi connectivity index (χ4n) is 5.26. The second-order valence-electron chi connectivity index (χ2n) is 9.60. The molecule has 3 aromatic carbocycles. The highest BCUT2D eigenvalue weighted by molar-refractivity contribution is 6.31. The van der Waals surface area contributed by atoms with Crippen molar-refractivity contribution < 1.29 is 24.2 Å². The van der Waals surface area contributed by atoms with E-state index in [1.54, 1.807) is 30.3 Å². The van der Waals surface area contributed by atoms with Crippen molar-refractivity contribution in [3.8, 4) is 22.6 Å². The summed E-state index contributed by atoms with van der Waals surface area (Å²) in [7, 11) is 3.04. The molecule has 2 heterocycles. The molecule has 210 valence electrons. The number of amides is 1. The molecule has 1 aliphatic rings. The fourth-order valence-corrected chi connectivity index (χ4v) is 5.43. The average Bonchev–Trinajstić information content (AvgIpc) is 3.41. The molecule has 2 N–H and O–H groups in total. The van der Waals surface area contributed by atoms with Crippen molar-refractivity contribution in [1.82, 2.24) is 9.99 Å². The van der Waals surface area contributed by atoms with Crippen molar-refractivity contribution >= 4 is 40.1 Å². The lowest BCUT2D eigenvalue weighted by Gasteiger charge is -2.24. The van der Waals surface area contributed by atoms with Crippen LogP contribution in [0.15, 0.2) is 76.6 Å². The van der Waals surface area contributed by atoms with Gasteiger partial charge in [-0.1, -0.05) is 54.1 Å². The number of hydrazone groups is 1. The summed E-state index contributed by atoms with van der Waals surface area (Å²) in [5, 5.41) is 16.4. The Morgan fingerprint density at radius 1 is 1.02 bits per heavy atom. The average molecular weight is 574 g/mol. The molecule has 0 spiro atoms. The zero-order valence-electron chi connectivity index (χ0n) is 22.5. The molecule has 0 fully saturated rings. The number of hydrogen-bond donors (Lipinski definition) is 2. The molecule has 1 aliphatic heterocycles. The number of pyridine rings is 1. The van der Waals surface area contributed by atoms with Crippen LogP contribution >= 0.6 is 11.6 Å². The maximum Gasteiger partial charge on any atom is 0.303 e. The van der Waals surface area contributed by atoms with Crippen LogP contribution in [0.25, 0.3) is 22.0 Å². The van der Waals surface area contributed by atoms with Crippen molar-refractivity contribution in [3.63, 3.8) is 0 Å². The Labute approximate surface area is 241 Å². The number of carboxylic acids is 1. The van der Waals surface area contributed by atoms with Gasteiger partial charge in [0.25, 0.3) is 5.56 Å². The first kappa shape index (κ1) is 27.9. The number of rotatable bonds is 9. The lowest BCUT2D eigenvalue weighted by molar-refractivity contribution is -0.137. The second-order valence-corrected chi connectivity index (χ2v) is 10.0. The van der Waals surface area contributed by atoms with Crippen LogP contribution in [0.5, 0.6) is 11.5 Å². The lowest BCUT2D eigenvalue weighted by Crippen LogP contribution is -2.27. The Kier molecular flexibility index (Phi) is 8.07. The largest absolute Gasteiger partial charge is 0.493 e. The molecule has 41 heavy (non-hydrogen) atoms. The maximum atomic E-state index is 13.7. The maximum absolute atomic E-state index is 13.7. The van der Waals surface area contributed by atoms with E-state index in [1.165, 1.54) is 19.2 Å². The number of carbonyl (C=O) groups excluding carboxylic acids is 1. The van der Waals surface area contributed by atoms with Gasteiger partial charge in [-0.15, -0.1) is 0 Å². The number of nitrogens with one attached hydrogen (secondary N) is 1. The topological polar surface area (TPSA) is 121 Å². The second kappa shape index (κ2) is 11.9. The Balaban J connectivity index is 1.69. The van der Waals surface area contributed by atoms with Crippen LogP contribution in [0.2, 0.25) is 5.02 Å². The highest BCUT2D eigenvalue weighted by Gasteiger charge is 2.37. The van der Waals surface area contributed by atoms with E-state index >= 15 is 0 Å². The zero-order valence-corrected chi connectivity index (χ0v) is 23.3. The molecular formula is C31H28ClN3O6. The van der Waals surface area contributed by atoms with E-state index in [0.29, 0.717) is 44.4 Å². The van der Waals surface area contributed by atoms with Gasteiger partial charge in [-0.3, -0.25) is 14.4 Å². The minimum absolute atomic E-state index is 0.0267. The Morgan fingerprint density at radius 2 is 1.80 bits per heavy atom. The quantitative estimate of drug-likeness (QED) is 0.261. The van der Waals surface area contributed by atoms with Gasteiger partial charge in [0.05, 0.1) is 31.5 Å². The molecule has 0 aliphatic carbocycles. The van der Waals surface area contributed by atoms with E-state index < -0.39 is 12.0 Å². The fraction of sp³-hybridized carbons (Fsp3) is 0.226. The molecule has 0 unspecified atom stereocenters. The number of nitrogens with zero attached hydrogens (tertiary/aromatic N) is 2. The first-order valence-electron chi connectivity index (χ1n) is 13.1. The summed E-state index contributed by atoms with van der Waals surface area (Å²) in [5.41, 5.74) is 3.11. The van der Waals surface area contributed by atoms with Crippen LogP contribution in [0.1, 0.15) is 42.9 Å². The third-order valence-electron chi connectivity index (χ3n) is 7.07. The molecule has 9 nitrogen and oxygen atoms in total. The van der Waals surface area contributed by atoms with Crippen molar-refractivity contribution in [2.24, 2.45) is 5.10 Å². The van der Waals surface area contributed by atoms with Gasteiger partial charge in [0, 0.05) is 46.3 Å². The van der Waals surface area contributed by atoms with Gasteiger partial charge in [0.15, 0.2) is 11.5 Å². The summed E-state index contributed by atoms with van der Waals surface area (Å²) < 4.78 is 11.2. The monoisotopic (exact) mass is 573 g/mol. The van der Waals surface area contributed by atoms with Crippen molar-refractivity contribution in [2.75, 3.05) is 14.2 Å². The Bertz CT molecular complexity index is 1720. The van der Waals surface area contributed by atoms with Gasteiger partial charge >= 0.3 is 5.97 Å². The number of aromatic nitrogens is 1. The van der Waals surface area contributed by atoms with Gasteiger partial charge in [0.1, 0.15) is 0 Å². The molecule has 1 aromatic heterocycles. The van der Waals surface area contributed by atoms with Crippen molar-refractivity contribution in [1.29, 1.82) is 0 Å². The lowest BCUT2D eigenvalue weighted by atomic mass is 9.90. The van der Waals surface area contributed by atoms with E-state index in [2.05, 4.69) is 4.98 Å². The minimum atomic E-state index is -0.983. The predicted molar refractivity (Wildman–Crippen MR) is 157 cm³/mol. The number of hydrogen-bond acceptors (Lipinski definition) is 6. The zero-order chi connectivity index (χ0) is 29.1. The SMILES string of the molecule is COc1cccc([C@H]2CC(c3c(-c4ccccc4)c4cc(Cl)ccc4[nH]c3=O)=NN2C(=O)CCCC(=O)O)c1OC. The number of ether oxygens (including phenoxy) is 2. The summed E-state index contributed by atoms with van der Waals surface area (Å²) in [6.07, 6.45) is 0.193. The summed E-state index contributed by atoms with van der Waals surface area (Å²) in [4.78, 5) is 41.2. The van der Waals surface area contributed by atoms with Crippen LogP contribution in [0.4, 0.5) is 0 Å². The Morgan fingerprint density at radius 3 is 2.51 bits per heavy atom. The smallest absolute Gasteiger partial charge is 0.303 e. The van der Waals surface area contributed by atoms with Gasteiger partial charge in [-0.05, 0) is 36.2 Å². The van der Waals surface area contributed by atoms with E-state index in [-0.39, 0.29) is 37.1 Å². The summed E-state index contributed by atoms with van der Waals surface area (Å²) in [6, 6.07) is 19.5. The number of para-hydroxylation sites is 1.